The number of rotatable bonds is 4. The fourth-order valence-electron chi connectivity index (χ4n) is 1.28. The van der Waals surface area contributed by atoms with Crippen LogP contribution in [0.25, 0.3) is 0 Å². The first kappa shape index (κ1) is 12.2. The third-order valence-corrected chi connectivity index (χ3v) is 3.80. The molecule has 1 aliphatic rings. The van der Waals surface area contributed by atoms with Crippen LogP contribution in [0.3, 0.4) is 0 Å². The number of ether oxygens (including phenoxy) is 1. The van der Waals surface area contributed by atoms with Crippen LogP contribution in [0.5, 0.6) is 0 Å². The maximum Gasteiger partial charge on any atom is 0.334 e. The van der Waals surface area contributed by atoms with Crippen molar-refractivity contribution in [3.05, 3.63) is 12.7 Å². The number of morpholine rings is 1. The molecule has 7 heteroatoms. The molecule has 6 nitrogen and oxygen atoms in total. The lowest BCUT2D eigenvalue weighted by Gasteiger charge is -2.29. The van der Waals surface area contributed by atoms with Crippen LogP contribution in [0.1, 0.15) is 0 Å². The molecule has 1 rings (SSSR count). The molecule has 1 atom stereocenters. The molecule has 0 bridgehead atoms. The van der Waals surface area contributed by atoms with Crippen LogP contribution >= 0.6 is 0 Å². The number of sulfonamides is 1. The Balaban J connectivity index is 2.71. The Morgan fingerprint density at radius 1 is 1.67 bits per heavy atom. The lowest BCUT2D eigenvalue weighted by atomic mass is 10.3. The van der Waals surface area contributed by atoms with E-state index in [1.807, 2.05) is 0 Å². The Morgan fingerprint density at radius 2 is 2.33 bits per heavy atom. The summed E-state index contributed by atoms with van der Waals surface area (Å²) in [5.74, 6) is -1.33. The lowest BCUT2D eigenvalue weighted by Crippen LogP contribution is -2.48. The van der Waals surface area contributed by atoms with E-state index in [9.17, 15) is 13.2 Å². The van der Waals surface area contributed by atoms with Crippen molar-refractivity contribution in [2.45, 2.75) is 6.10 Å². The van der Waals surface area contributed by atoms with Crippen LogP contribution in [0.2, 0.25) is 0 Å². The fraction of sp³-hybridized carbons (Fsp3) is 0.625. The second-order valence-corrected chi connectivity index (χ2v) is 5.14. The average molecular weight is 235 g/mol. The molecule has 0 aromatic heterocycles. The molecule has 0 saturated carbocycles. The van der Waals surface area contributed by atoms with E-state index in [1.165, 1.54) is 6.08 Å². The van der Waals surface area contributed by atoms with E-state index in [-0.39, 0.29) is 25.4 Å². The highest BCUT2D eigenvalue weighted by atomic mass is 32.2. The van der Waals surface area contributed by atoms with E-state index in [0.717, 1.165) is 4.31 Å². The van der Waals surface area contributed by atoms with Gasteiger partial charge >= 0.3 is 5.97 Å². The van der Waals surface area contributed by atoms with Crippen molar-refractivity contribution in [2.75, 3.05) is 25.4 Å². The van der Waals surface area contributed by atoms with Gasteiger partial charge in [-0.3, -0.25) is 0 Å². The highest BCUT2D eigenvalue weighted by Crippen LogP contribution is 2.10. The second kappa shape index (κ2) is 4.73. The molecular weight excluding hydrogens is 222 g/mol. The summed E-state index contributed by atoms with van der Waals surface area (Å²) in [5.41, 5.74) is 0. The molecule has 1 saturated heterocycles. The van der Waals surface area contributed by atoms with E-state index < -0.39 is 22.1 Å². The predicted molar refractivity (Wildman–Crippen MR) is 52.9 cm³/mol. The molecule has 0 amide bonds. The van der Waals surface area contributed by atoms with Crippen LogP contribution in [0, 0.1) is 0 Å². The molecule has 0 radical (unpaired) electrons. The maximum atomic E-state index is 11.6. The highest BCUT2D eigenvalue weighted by molar-refractivity contribution is 7.89. The van der Waals surface area contributed by atoms with Gasteiger partial charge in [-0.2, -0.15) is 4.31 Å². The van der Waals surface area contributed by atoms with Crippen LogP contribution in [0.15, 0.2) is 12.7 Å². The Bertz CT molecular complexity index is 350. The van der Waals surface area contributed by atoms with Gasteiger partial charge in [-0.25, -0.2) is 13.2 Å². The Kier molecular flexibility index (Phi) is 3.83. The van der Waals surface area contributed by atoms with Crippen molar-refractivity contribution in [3.8, 4) is 0 Å². The summed E-state index contributed by atoms with van der Waals surface area (Å²) >= 11 is 0. The van der Waals surface area contributed by atoms with E-state index >= 15 is 0 Å². The smallest absolute Gasteiger partial charge is 0.334 e. The van der Waals surface area contributed by atoms with Crippen LogP contribution in [-0.4, -0.2) is 55.4 Å². The molecule has 1 heterocycles. The largest absolute Gasteiger partial charge is 0.479 e. The molecule has 0 aromatic carbocycles. The molecule has 0 aromatic rings. The molecule has 1 fully saturated rings. The molecule has 0 spiro atoms. The lowest BCUT2D eigenvalue weighted by molar-refractivity contribution is -0.153. The van der Waals surface area contributed by atoms with Gasteiger partial charge in [-0.15, -0.1) is 6.58 Å². The average Bonchev–Trinajstić information content (AvgIpc) is 2.18. The number of aliphatic carboxylic acids is 1. The van der Waals surface area contributed by atoms with Crippen molar-refractivity contribution in [1.82, 2.24) is 4.31 Å². The molecule has 15 heavy (non-hydrogen) atoms. The monoisotopic (exact) mass is 235 g/mol. The predicted octanol–water partition coefficient (Wildman–Crippen LogP) is -0.712. The van der Waals surface area contributed by atoms with E-state index in [4.69, 9.17) is 9.84 Å². The van der Waals surface area contributed by atoms with Gasteiger partial charge in [0.25, 0.3) is 0 Å². The molecule has 0 aliphatic carbocycles. The minimum Gasteiger partial charge on any atom is -0.479 e. The van der Waals surface area contributed by atoms with Crippen LogP contribution < -0.4 is 0 Å². The van der Waals surface area contributed by atoms with Crippen LogP contribution in [0.4, 0.5) is 0 Å². The Labute approximate surface area is 88.2 Å². The number of nitrogens with zero attached hydrogens (tertiary/aromatic N) is 1. The molecule has 1 unspecified atom stereocenters. The summed E-state index contributed by atoms with van der Waals surface area (Å²) in [5, 5.41) is 8.69. The van der Waals surface area contributed by atoms with Crippen molar-refractivity contribution >= 4 is 16.0 Å². The van der Waals surface area contributed by atoms with Gasteiger partial charge in [0.2, 0.25) is 10.0 Å². The summed E-state index contributed by atoms with van der Waals surface area (Å²) in [6.07, 6.45) is 0.207. The number of hydrogen-bond acceptors (Lipinski definition) is 4. The third kappa shape index (κ3) is 3.01. The van der Waals surface area contributed by atoms with Gasteiger partial charge in [-0.1, -0.05) is 6.08 Å². The quantitative estimate of drug-likeness (QED) is 0.651. The first-order valence-electron chi connectivity index (χ1n) is 4.40. The van der Waals surface area contributed by atoms with Crippen molar-refractivity contribution in [3.63, 3.8) is 0 Å². The number of carbonyl (C=O) groups is 1. The normalized spacial score (nSPS) is 23.6. The number of hydrogen-bond donors (Lipinski definition) is 1. The molecule has 1 aliphatic heterocycles. The van der Waals surface area contributed by atoms with Crippen molar-refractivity contribution in [1.29, 1.82) is 0 Å². The van der Waals surface area contributed by atoms with E-state index in [0.29, 0.717) is 0 Å². The zero-order valence-corrected chi connectivity index (χ0v) is 8.94. The fourth-order valence-corrected chi connectivity index (χ4v) is 2.51. The second-order valence-electron chi connectivity index (χ2n) is 3.12. The standard InChI is InChI=1S/C8H13NO5S/c1-2-5-15(12,13)9-3-4-14-7(6-9)8(10)11/h2,7H,1,3-6H2,(H,10,11). The third-order valence-electron chi connectivity index (χ3n) is 2.03. The summed E-state index contributed by atoms with van der Waals surface area (Å²) in [4.78, 5) is 10.6. The van der Waals surface area contributed by atoms with E-state index in [1.54, 1.807) is 0 Å². The van der Waals surface area contributed by atoms with Gasteiger partial charge in [0.05, 0.1) is 18.9 Å². The van der Waals surface area contributed by atoms with Crippen LogP contribution in [-0.2, 0) is 19.6 Å². The summed E-state index contributed by atoms with van der Waals surface area (Å²) < 4.78 is 29.2. The first-order valence-corrected chi connectivity index (χ1v) is 6.01. The SMILES string of the molecule is C=CCS(=O)(=O)N1CCOC(C(=O)O)C1. The molecule has 86 valence electrons. The topological polar surface area (TPSA) is 83.9 Å². The minimum absolute atomic E-state index is 0.105. The number of carboxylic acids is 1. The first-order chi connectivity index (χ1) is 6.97. The Hall–Kier alpha value is -0.920. The van der Waals surface area contributed by atoms with Gasteiger partial charge < -0.3 is 9.84 Å². The van der Waals surface area contributed by atoms with Gasteiger partial charge in [0.15, 0.2) is 6.10 Å². The maximum absolute atomic E-state index is 11.6. The van der Waals surface area contributed by atoms with Crippen molar-refractivity contribution < 1.29 is 23.1 Å². The summed E-state index contributed by atoms with van der Waals surface area (Å²) in [6, 6.07) is 0. The van der Waals surface area contributed by atoms with Crippen molar-refractivity contribution in [2.24, 2.45) is 0 Å². The van der Waals surface area contributed by atoms with Gasteiger partial charge in [-0.05, 0) is 0 Å². The summed E-state index contributed by atoms with van der Waals surface area (Å²) in [6.45, 7) is 3.51. The zero-order valence-electron chi connectivity index (χ0n) is 8.13. The van der Waals surface area contributed by atoms with Gasteiger partial charge in [0.1, 0.15) is 0 Å². The molecule has 1 N–H and O–H groups in total. The Morgan fingerprint density at radius 3 is 2.87 bits per heavy atom. The summed E-state index contributed by atoms with van der Waals surface area (Å²) in [7, 11) is -3.43. The zero-order chi connectivity index (χ0) is 11.5. The molecular formula is C8H13NO5S. The highest BCUT2D eigenvalue weighted by Gasteiger charge is 2.32. The van der Waals surface area contributed by atoms with Gasteiger partial charge in [0, 0.05) is 6.54 Å². The van der Waals surface area contributed by atoms with E-state index in [2.05, 4.69) is 6.58 Å². The number of carboxylic acid groups (broad SMARTS) is 1. The minimum atomic E-state index is -3.43.